The molecular weight excluding hydrogens is 518 g/mol. The first-order valence-corrected chi connectivity index (χ1v) is 12.0. The molecule has 3 rings (SSSR count). The second-order valence-corrected chi connectivity index (χ2v) is 10.1. The molecule has 37 heavy (non-hydrogen) atoms. The Kier molecular flexibility index (Phi) is 10.0. The third-order valence-electron chi connectivity index (χ3n) is 5.18. The molecule has 1 aliphatic rings. The van der Waals surface area contributed by atoms with Gasteiger partial charge in [0.2, 0.25) is 0 Å². The van der Waals surface area contributed by atoms with E-state index in [-0.39, 0.29) is 47.0 Å². The highest BCUT2D eigenvalue weighted by Crippen LogP contribution is 2.33. The first-order chi connectivity index (χ1) is 17.2. The highest BCUT2D eigenvalue weighted by Gasteiger charge is 2.39. The van der Waals surface area contributed by atoms with Gasteiger partial charge in [0.25, 0.3) is 0 Å². The molecule has 2 atom stereocenters. The van der Waals surface area contributed by atoms with Gasteiger partial charge in [0, 0.05) is 25.2 Å². The van der Waals surface area contributed by atoms with Crippen molar-refractivity contribution in [3.8, 4) is 23.6 Å². The number of phenols is 1. The molecule has 0 amide bonds. The molecule has 8 nitrogen and oxygen atoms in total. The van der Waals surface area contributed by atoms with Crippen molar-refractivity contribution in [2.24, 2.45) is 5.92 Å². The average Bonchev–Trinajstić information content (AvgIpc) is 3.25. The summed E-state index contributed by atoms with van der Waals surface area (Å²) in [7, 11) is -1.88. The summed E-state index contributed by atoms with van der Waals surface area (Å²) in [5.74, 6) is -0.597. The Labute approximate surface area is 213 Å². The fourth-order valence-corrected chi connectivity index (χ4v) is 4.55. The lowest BCUT2D eigenvalue weighted by Gasteiger charge is -2.20. The van der Waals surface area contributed by atoms with Crippen molar-refractivity contribution in [3.05, 3.63) is 52.8 Å². The third-order valence-corrected chi connectivity index (χ3v) is 6.70. The van der Waals surface area contributed by atoms with Crippen molar-refractivity contribution < 1.29 is 41.8 Å². The van der Waals surface area contributed by atoms with Crippen molar-refractivity contribution in [3.63, 3.8) is 0 Å². The number of alkyl halides is 3. The minimum Gasteiger partial charge on any atom is -0.504 e. The fourth-order valence-electron chi connectivity index (χ4n) is 3.18. The van der Waals surface area contributed by atoms with Gasteiger partial charge in [0.1, 0.15) is 34.5 Å². The van der Waals surface area contributed by atoms with Crippen molar-refractivity contribution in [2.75, 3.05) is 26.3 Å². The Balaban J connectivity index is 0.000000281. The van der Waals surface area contributed by atoms with Gasteiger partial charge < -0.3 is 20.1 Å². The van der Waals surface area contributed by atoms with E-state index in [1.54, 1.807) is 12.1 Å². The fraction of sp³-hybridized carbons (Fsp3) is 0.417. The molecule has 3 N–H and O–H groups in total. The van der Waals surface area contributed by atoms with E-state index in [2.05, 4.69) is 0 Å². The van der Waals surface area contributed by atoms with Gasteiger partial charge in [0.05, 0.1) is 34.8 Å². The first-order valence-electron chi connectivity index (χ1n) is 10.9. The minimum absolute atomic E-state index is 0.0438. The Morgan fingerprint density at radius 3 is 2.35 bits per heavy atom. The molecule has 0 spiro atoms. The molecule has 1 aliphatic heterocycles. The molecule has 0 aliphatic carbocycles. The number of phenolic OH excluding ortho intramolecular Hbond substituents is 1. The molecular formula is C24H25F4N3O5S. The molecule has 0 radical (unpaired) electrons. The Hall–Kier alpha value is -3.23. The van der Waals surface area contributed by atoms with E-state index < -0.39 is 40.8 Å². The van der Waals surface area contributed by atoms with Crippen molar-refractivity contribution in [1.82, 2.24) is 4.31 Å². The number of β-amino-alcohol motifs (C(OH)–C–C–N with tert-alkyl or cyclic N) is 1. The van der Waals surface area contributed by atoms with Crippen LogP contribution in [0.4, 0.5) is 17.6 Å². The minimum atomic E-state index is -4.59. The molecule has 13 heteroatoms. The van der Waals surface area contributed by atoms with Crippen LogP contribution in [0.15, 0.2) is 35.2 Å². The number of hydrogen-bond donors (Lipinski definition) is 3. The summed E-state index contributed by atoms with van der Waals surface area (Å²) in [6, 6.07) is 7.81. The van der Waals surface area contributed by atoms with Crippen LogP contribution >= 0.6 is 0 Å². The molecule has 2 unspecified atom stereocenters. The van der Waals surface area contributed by atoms with Gasteiger partial charge >= 0.3 is 6.18 Å². The van der Waals surface area contributed by atoms with Gasteiger partial charge in [-0.15, -0.1) is 0 Å². The van der Waals surface area contributed by atoms with Gasteiger partial charge in [-0.1, -0.05) is 13.8 Å². The van der Waals surface area contributed by atoms with Crippen LogP contribution in [0.1, 0.15) is 37.0 Å². The van der Waals surface area contributed by atoms with Gasteiger partial charge in [0.15, 0.2) is 11.5 Å². The first kappa shape index (κ1) is 30.0. The number of nitriles is 2. The quantitative estimate of drug-likeness (QED) is 0.475. The summed E-state index contributed by atoms with van der Waals surface area (Å²) in [6.07, 6.45) is -4.39. The predicted molar refractivity (Wildman–Crippen MR) is 124 cm³/mol. The summed E-state index contributed by atoms with van der Waals surface area (Å²) in [4.78, 5) is -0.0438. The lowest BCUT2D eigenvalue weighted by molar-refractivity contribution is -0.137. The van der Waals surface area contributed by atoms with Gasteiger partial charge in [-0.2, -0.15) is 23.7 Å². The molecule has 2 aromatic carbocycles. The Morgan fingerprint density at radius 2 is 1.84 bits per heavy atom. The number of aliphatic hydroxyl groups excluding tert-OH is 1. The number of hydrogen-bond acceptors (Lipinski definition) is 7. The number of nitrogens with zero attached hydrogens (tertiary/aromatic N) is 3. The third kappa shape index (κ3) is 7.87. The van der Waals surface area contributed by atoms with E-state index in [1.165, 1.54) is 10.4 Å². The van der Waals surface area contributed by atoms with Crippen LogP contribution < -0.4 is 4.74 Å². The van der Waals surface area contributed by atoms with Crippen LogP contribution in [-0.2, 0) is 17.2 Å². The van der Waals surface area contributed by atoms with E-state index >= 15 is 0 Å². The Bertz CT molecular complexity index is 1230. The van der Waals surface area contributed by atoms with Crippen LogP contribution in [0.25, 0.3) is 0 Å². The molecule has 200 valence electrons. The highest BCUT2D eigenvalue weighted by molar-refractivity contribution is 7.82. The van der Waals surface area contributed by atoms with Crippen LogP contribution in [0.5, 0.6) is 11.5 Å². The van der Waals surface area contributed by atoms with Crippen molar-refractivity contribution >= 4 is 11.0 Å². The second kappa shape index (κ2) is 12.3. The van der Waals surface area contributed by atoms with Gasteiger partial charge in [-0.05, 0) is 30.5 Å². The number of halogens is 4. The summed E-state index contributed by atoms with van der Waals surface area (Å²) < 4.78 is 69.8. The molecule has 0 aromatic heterocycles. The summed E-state index contributed by atoms with van der Waals surface area (Å²) in [5.41, 5.74) is -2.83. The largest absolute Gasteiger partial charge is 0.504 e. The lowest BCUT2D eigenvalue weighted by Crippen LogP contribution is -2.37. The molecule has 0 saturated carbocycles. The average molecular weight is 544 g/mol. The van der Waals surface area contributed by atoms with Crippen molar-refractivity contribution in [2.45, 2.75) is 36.9 Å². The number of ether oxygens (including phenoxy) is 1. The van der Waals surface area contributed by atoms with E-state index in [1.807, 2.05) is 13.8 Å². The molecule has 0 bridgehead atoms. The normalized spacial score (nSPS) is 18.5. The second-order valence-electron chi connectivity index (χ2n) is 8.68. The van der Waals surface area contributed by atoms with Gasteiger partial charge in [-0.25, -0.2) is 12.9 Å². The van der Waals surface area contributed by atoms with Crippen molar-refractivity contribution in [1.29, 1.82) is 10.5 Å². The lowest BCUT2D eigenvalue weighted by atomic mass is 10.1. The highest BCUT2D eigenvalue weighted by atomic mass is 32.2. The van der Waals surface area contributed by atoms with Crippen LogP contribution in [0, 0.1) is 34.4 Å². The number of rotatable bonds is 6. The number of aromatic hydroxyl groups is 1. The topological polar surface area (TPSA) is 138 Å². The summed E-state index contributed by atoms with van der Waals surface area (Å²) in [6.45, 7) is 3.93. The van der Waals surface area contributed by atoms with Crippen LogP contribution in [-0.4, -0.2) is 55.7 Å². The van der Waals surface area contributed by atoms with Crippen LogP contribution in [0.3, 0.4) is 0 Å². The molecule has 1 heterocycles. The summed E-state index contributed by atoms with van der Waals surface area (Å²) >= 11 is 0. The standard InChI is InChI=1S/C13H13F3N2O3S.C11H12FNO2/c14-13(15,16)10-1-2-11(9(5-10)6-17)22(21)18-4-3-12(20,7-18)8-19;1-7(2)6-15-11-3-8(5-13)9(12)4-10(11)14/h1-2,5,19-20H,3-4,7-8H2;3-4,7,14H,6H2,1-2H3. The Morgan fingerprint density at radius 1 is 1.19 bits per heavy atom. The zero-order chi connectivity index (χ0) is 28.0. The maximum absolute atomic E-state index is 13.0. The number of aliphatic hydroxyl groups is 2. The maximum Gasteiger partial charge on any atom is 0.416 e. The van der Waals surface area contributed by atoms with E-state index in [9.17, 15) is 32.0 Å². The van der Waals surface area contributed by atoms with E-state index in [0.717, 1.165) is 18.2 Å². The monoisotopic (exact) mass is 543 g/mol. The summed E-state index contributed by atoms with van der Waals surface area (Å²) in [5, 5.41) is 45.9. The van der Waals surface area contributed by atoms with Gasteiger partial charge in [-0.3, -0.25) is 0 Å². The number of benzene rings is 2. The molecule has 2 aromatic rings. The smallest absolute Gasteiger partial charge is 0.416 e. The zero-order valence-electron chi connectivity index (χ0n) is 19.9. The predicted octanol–water partition coefficient (Wildman–Crippen LogP) is 3.47. The maximum atomic E-state index is 13.0. The molecule has 1 fully saturated rings. The van der Waals surface area contributed by atoms with E-state index in [0.29, 0.717) is 18.6 Å². The zero-order valence-corrected chi connectivity index (χ0v) is 20.7. The van der Waals surface area contributed by atoms with Crippen LogP contribution in [0.2, 0.25) is 0 Å². The van der Waals surface area contributed by atoms with E-state index in [4.69, 9.17) is 20.4 Å². The molecule has 1 saturated heterocycles. The SMILES string of the molecule is CC(C)COc1cc(C#N)c(F)cc1O.N#Cc1cc(C(F)(F)F)ccc1S(=O)N1CCC(O)(CO)C1.